The highest BCUT2D eigenvalue weighted by Crippen LogP contribution is 2.56. The van der Waals surface area contributed by atoms with E-state index in [1.807, 2.05) is 36.4 Å². The first kappa shape index (κ1) is 33.9. The summed E-state index contributed by atoms with van der Waals surface area (Å²) >= 11 is 14.8. The van der Waals surface area contributed by atoms with E-state index < -0.39 is 21.7 Å². The van der Waals surface area contributed by atoms with Crippen LogP contribution >= 0.6 is 45.8 Å². The lowest BCUT2D eigenvalue weighted by atomic mass is 9.94. The topological polar surface area (TPSA) is 142 Å². The van der Waals surface area contributed by atoms with Gasteiger partial charge in [0, 0.05) is 28.2 Å². The Bertz CT molecular complexity index is 1710. The predicted octanol–water partition coefficient (Wildman–Crippen LogP) is 5.38. The number of amides is 2. The molecule has 1 aliphatic carbocycles. The fourth-order valence-corrected chi connectivity index (χ4v) is 6.84. The monoisotopic (exact) mass is 786 g/mol. The molecule has 2 heterocycles. The van der Waals surface area contributed by atoms with Gasteiger partial charge in [0.1, 0.15) is 6.04 Å². The van der Waals surface area contributed by atoms with Crippen LogP contribution in [-0.2, 0) is 31.6 Å². The maximum atomic E-state index is 14.9. The lowest BCUT2D eigenvalue weighted by Gasteiger charge is -2.37. The molecule has 2 amide bonds. The largest absolute Gasteiger partial charge is 0.398 e. The summed E-state index contributed by atoms with van der Waals surface area (Å²) in [5, 5.41) is 4.12. The molecule has 2 aliphatic heterocycles. The average Bonchev–Trinajstić information content (AvgIpc) is 3.79. The number of halogens is 3. The number of hydrogen-bond donors (Lipinski definition) is 3. The molecule has 1 saturated heterocycles. The van der Waals surface area contributed by atoms with Gasteiger partial charge in [0.2, 0.25) is 0 Å². The molecule has 3 aromatic rings. The van der Waals surface area contributed by atoms with E-state index in [0.717, 1.165) is 34.3 Å². The molecular weight excluding hydrogens is 754 g/mol. The maximum absolute atomic E-state index is 14.9. The summed E-state index contributed by atoms with van der Waals surface area (Å²) in [7, 11) is -3.67. The van der Waals surface area contributed by atoms with Gasteiger partial charge in [-0.1, -0.05) is 41.4 Å². The molecule has 240 valence electrons. The lowest BCUT2D eigenvalue weighted by molar-refractivity contribution is -0.121. The lowest BCUT2D eigenvalue weighted by Crippen LogP contribution is -2.46. The van der Waals surface area contributed by atoms with Crippen LogP contribution in [0.15, 0.2) is 54.6 Å². The van der Waals surface area contributed by atoms with Crippen molar-refractivity contribution in [3.05, 3.63) is 90.5 Å². The van der Waals surface area contributed by atoms with E-state index in [-0.39, 0.29) is 11.8 Å². The second kappa shape index (κ2) is 13.7. The Labute approximate surface area is 286 Å². The standard InChI is InChI=1S/C30H29Cl2IN4O3.CH4O3S/c31-20-4-1-18(2-5-20)27-28(38)35-25-8-7-23(33)21(9-12-36-13-15-40-16-14-36)26(25)29(39)37(27)30(10-11-30)19-3-6-22(32)24(34)17-19;1-5(2,3)4/h1-8,17,27H,9-16,34H2,(H,35,38);1H3,(H,2,3,4). The summed E-state index contributed by atoms with van der Waals surface area (Å²) in [6.07, 6.45) is 2.81. The van der Waals surface area contributed by atoms with Gasteiger partial charge < -0.3 is 20.7 Å². The number of nitrogens with one attached hydrogen (secondary N) is 1. The van der Waals surface area contributed by atoms with Crippen LogP contribution in [0.4, 0.5) is 11.4 Å². The molecule has 0 aromatic heterocycles. The Morgan fingerprint density at radius 3 is 2.31 bits per heavy atom. The second-order valence-corrected chi connectivity index (χ2v) is 14.7. The highest BCUT2D eigenvalue weighted by atomic mass is 127. The molecule has 4 N–H and O–H groups in total. The van der Waals surface area contributed by atoms with Crippen LogP contribution < -0.4 is 11.1 Å². The summed E-state index contributed by atoms with van der Waals surface area (Å²) in [6.45, 7) is 3.95. The van der Waals surface area contributed by atoms with Crippen molar-refractivity contribution >= 4 is 79.1 Å². The molecule has 45 heavy (non-hydrogen) atoms. The van der Waals surface area contributed by atoms with Crippen molar-refractivity contribution in [2.45, 2.75) is 30.8 Å². The first-order chi connectivity index (χ1) is 21.3. The van der Waals surface area contributed by atoms with Crippen LogP contribution in [-0.4, -0.2) is 73.7 Å². The molecule has 6 rings (SSSR count). The number of nitrogens with zero attached hydrogens (tertiary/aromatic N) is 2. The minimum atomic E-state index is -3.67. The number of morpholine rings is 1. The van der Waals surface area contributed by atoms with Gasteiger partial charge in [-0.2, -0.15) is 8.42 Å². The molecule has 1 saturated carbocycles. The SMILES string of the molecule is CS(=O)(=O)O.Nc1cc(C2(N3C(=O)c4c(ccc(I)c4CCN4CCOCC4)NC(=O)C3c3ccc(Cl)cc3)CC2)ccc1Cl. The Balaban J connectivity index is 0.000000743. The van der Waals surface area contributed by atoms with Crippen molar-refractivity contribution < 1.29 is 27.3 Å². The molecule has 2 fully saturated rings. The molecule has 1 unspecified atom stereocenters. The molecule has 10 nitrogen and oxygen atoms in total. The third-order valence-corrected chi connectivity index (χ3v) is 9.75. The molecule has 3 aromatic carbocycles. The number of nitrogen functional groups attached to an aromatic ring is 1. The summed E-state index contributed by atoms with van der Waals surface area (Å²) in [5.74, 6) is -0.433. The number of ether oxygens (including phenoxy) is 1. The van der Waals surface area contributed by atoms with Crippen LogP contribution in [0.1, 0.15) is 45.9 Å². The highest BCUT2D eigenvalue weighted by molar-refractivity contribution is 14.1. The zero-order valence-corrected chi connectivity index (χ0v) is 28.9. The van der Waals surface area contributed by atoms with Crippen molar-refractivity contribution in [3.63, 3.8) is 0 Å². The van der Waals surface area contributed by atoms with E-state index in [4.69, 9.17) is 38.2 Å². The summed E-state index contributed by atoms with van der Waals surface area (Å²) in [5.41, 5.74) is 9.58. The minimum Gasteiger partial charge on any atom is -0.398 e. The van der Waals surface area contributed by atoms with E-state index in [1.165, 1.54) is 0 Å². The third kappa shape index (κ3) is 7.75. The first-order valence-corrected chi connectivity index (χ1v) is 18.0. The zero-order valence-electron chi connectivity index (χ0n) is 24.4. The van der Waals surface area contributed by atoms with E-state index >= 15 is 0 Å². The first-order valence-electron chi connectivity index (χ1n) is 14.3. The molecule has 1 atom stereocenters. The highest BCUT2D eigenvalue weighted by Gasteiger charge is 2.57. The number of benzene rings is 3. The van der Waals surface area contributed by atoms with E-state index in [2.05, 4.69) is 32.8 Å². The Morgan fingerprint density at radius 2 is 1.71 bits per heavy atom. The molecule has 14 heteroatoms. The number of hydrogen-bond acceptors (Lipinski definition) is 7. The van der Waals surface area contributed by atoms with E-state index in [0.29, 0.717) is 71.3 Å². The van der Waals surface area contributed by atoms with Crippen molar-refractivity contribution in [3.8, 4) is 0 Å². The number of rotatable bonds is 6. The molecular formula is C31H33Cl2IN4O6S. The van der Waals surface area contributed by atoms with E-state index in [9.17, 15) is 18.0 Å². The quantitative estimate of drug-likeness (QED) is 0.172. The van der Waals surface area contributed by atoms with Crippen molar-refractivity contribution in [1.82, 2.24) is 9.80 Å². The molecule has 0 radical (unpaired) electrons. The number of carbonyl (C=O) groups excluding carboxylic acids is 2. The minimum absolute atomic E-state index is 0.171. The molecule has 0 spiro atoms. The maximum Gasteiger partial charge on any atom is 0.261 e. The van der Waals surface area contributed by atoms with Gasteiger partial charge >= 0.3 is 0 Å². The Morgan fingerprint density at radius 1 is 1.07 bits per heavy atom. The van der Waals surface area contributed by atoms with Gasteiger partial charge in [-0.05, 0) is 94.9 Å². The Kier molecular flexibility index (Phi) is 10.3. The van der Waals surface area contributed by atoms with Gasteiger partial charge in [-0.25, -0.2) is 0 Å². The van der Waals surface area contributed by atoms with Crippen LogP contribution in [0.25, 0.3) is 0 Å². The van der Waals surface area contributed by atoms with Crippen molar-refractivity contribution in [2.24, 2.45) is 0 Å². The normalized spacial score (nSPS) is 19.6. The third-order valence-electron chi connectivity index (χ3n) is 8.14. The predicted molar refractivity (Wildman–Crippen MR) is 183 cm³/mol. The summed E-state index contributed by atoms with van der Waals surface area (Å²) in [4.78, 5) is 33.1. The van der Waals surface area contributed by atoms with Crippen LogP contribution in [0, 0.1) is 3.57 Å². The number of carbonyl (C=O) groups is 2. The van der Waals surface area contributed by atoms with E-state index in [1.54, 1.807) is 23.1 Å². The van der Waals surface area contributed by atoms with Gasteiger partial charge in [0.25, 0.3) is 21.9 Å². The number of fused-ring (bicyclic) bond motifs is 1. The fraction of sp³-hybridized carbons (Fsp3) is 0.355. The van der Waals surface area contributed by atoms with Crippen LogP contribution in [0.2, 0.25) is 10.0 Å². The smallest absolute Gasteiger partial charge is 0.261 e. The zero-order chi connectivity index (χ0) is 32.5. The summed E-state index contributed by atoms with van der Waals surface area (Å²) in [6, 6.07) is 15.6. The van der Waals surface area contributed by atoms with Gasteiger partial charge in [-0.3, -0.25) is 19.0 Å². The van der Waals surface area contributed by atoms with Crippen molar-refractivity contribution in [1.29, 1.82) is 0 Å². The Hall–Kier alpha value is -2.46. The fourth-order valence-electron chi connectivity index (χ4n) is 5.87. The molecule has 3 aliphatic rings. The number of anilines is 2. The van der Waals surface area contributed by atoms with Gasteiger partial charge in [0.15, 0.2) is 0 Å². The van der Waals surface area contributed by atoms with Crippen LogP contribution in [0.3, 0.4) is 0 Å². The van der Waals surface area contributed by atoms with Gasteiger partial charge in [-0.15, -0.1) is 0 Å². The number of nitrogens with two attached hydrogens (primary N) is 1. The van der Waals surface area contributed by atoms with Crippen LogP contribution in [0.5, 0.6) is 0 Å². The molecule has 0 bridgehead atoms. The average molecular weight is 788 g/mol. The summed E-state index contributed by atoms with van der Waals surface area (Å²) < 4.78 is 32.4. The second-order valence-electron chi connectivity index (χ2n) is 11.3. The van der Waals surface area contributed by atoms with Crippen molar-refractivity contribution in [2.75, 3.05) is 50.2 Å². The van der Waals surface area contributed by atoms with Gasteiger partial charge in [0.05, 0.1) is 47.0 Å².